The number of halogens is 2. The van der Waals surface area contributed by atoms with Gasteiger partial charge in [-0.3, -0.25) is 10.2 Å². The van der Waals surface area contributed by atoms with Gasteiger partial charge in [-0.05, 0) is 68.4 Å². The summed E-state index contributed by atoms with van der Waals surface area (Å²) in [5.74, 6) is -0.261. The molecule has 1 aliphatic rings. The van der Waals surface area contributed by atoms with Gasteiger partial charge in [0.1, 0.15) is 17.0 Å². The maximum absolute atomic E-state index is 12.7. The first-order valence-electron chi connectivity index (χ1n) is 9.46. The summed E-state index contributed by atoms with van der Waals surface area (Å²) in [5, 5.41) is 18.5. The van der Waals surface area contributed by atoms with Crippen molar-refractivity contribution in [2.75, 3.05) is 0 Å². The van der Waals surface area contributed by atoms with Crippen LogP contribution in [0.15, 0.2) is 83.0 Å². The molecule has 8 heteroatoms. The lowest BCUT2D eigenvalue weighted by Crippen LogP contribution is -2.38. The quantitative estimate of drug-likeness (QED) is 0.222. The van der Waals surface area contributed by atoms with Gasteiger partial charge in [-0.2, -0.15) is 10.2 Å². The number of amides is 1. The standard InChI is InChI=1S/C23H18I2N4O2/c24-18-11-15(21(30)19(25)12-18)14-26-28-22(31)20-13-23(29-27-20,16-7-3-1-4-8-16)17-9-5-2-6-10-17/h1-12,14,29-30H,13H2,(H,28,31)/b26-14+. The van der Waals surface area contributed by atoms with E-state index in [0.29, 0.717) is 17.7 Å². The topological polar surface area (TPSA) is 86.1 Å². The summed E-state index contributed by atoms with van der Waals surface area (Å²) in [5.41, 5.74) is 8.03. The Morgan fingerprint density at radius 3 is 2.29 bits per heavy atom. The third kappa shape index (κ3) is 4.59. The van der Waals surface area contributed by atoms with Crippen LogP contribution < -0.4 is 10.9 Å². The molecule has 0 saturated heterocycles. The van der Waals surface area contributed by atoms with Crippen LogP contribution in [0.25, 0.3) is 0 Å². The van der Waals surface area contributed by atoms with E-state index in [1.54, 1.807) is 6.07 Å². The zero-order chi connectivity index (χ0) is 21.8. The zero-order valence-corrected chi connectivity index (χ0v) is 20.5. The summed E-state index contributed by atoms with van der Waals surface area (Å²) >= 11 is 4.22. The largest absolute Gasteiger partial charge is 0.506 e. The molecular formula is C23H18I2N4O2. The lowest BCUT2D eigenvalue weighted by Gasteiger charge is -2.30. The molecular weight excluding hydrogens is 618 g/mol. The Balaban J connectivity index is 1.53. The number of hydrogen-bond acceptors (Lipinski definition) is 5. The predicted octanol–water partition coefficient (Wildman–Crippen LogP) is 4.34. The van der Waals surface area contributed by atoms with Crippen LogP contribution in [0, 0.1) is 7.14 Å². The fourth-order valence-corrected chi connectivity index (χ4v) is 5.37. The van der Waals surface area contributed by atoms with Crippen LogP contribution >= 0.6 is 45.2 Å². The molecule has 0 aromatic heterocycles. The van der Waals surface area contributed by atoms with E-state index in [0.717, 1.165) is 18.3 Å². The van der Waals surface area contributed by atoms with Crippen LogP contribution in [-0.4, -0.2) is 22.9 Å². The fraction of sp³-hybridized carbons (Fsp3) is 0.0870. The summed E-state index contributed by atoms with van der Waals surface area (Å²) in [4.78, 5) is 12.7. The van der Waals surface area contributed by atoms with Gasteiger partial charge in [-0.25, -0.2) is 5.43 Å². The molecule has 0 bridgehead atoms. The summed E-state index contributed by atoms with van der Waals surface area (Å²) in [6, 6.07) is 23.5. The first-order valence-corrected chi connectivity index (χ1v) is 11.6. The van der Waals surface area contributed by atoms with Crippen molar-refractivity contribution in [3.8, 4) is 5.75 Å². The van der Waals surface area contributed by atoms with Crippen molar-refractivity contribution in [3.05, 3.63) is 96.6 Å². The molecule has 3 aromatic rings. The van der Waals surface area contributed by atoms with E-state index >= 15 is 0 Å². The van der Waals surface area contributed by atoms with E-state index in [4.69, 9.17) is 0 Å². The van der Waals surface area contributed by atoms with E-state index in [1.807, 2.05) is 66.7 Å². The number of nitrogens with zero attached hydrogens (tertiary/aromatic N) is 2. The second kappa shape index (κ2) is 9.35. The summed E-state index contributed by atoms with van der Waals surface area (Å²) < 4.78 is 1.68. The Kier molecular flexibility index (Phi) is 6.56. The molecule has 3 N–H and O–H groups in total. The Labute approximate surface area is 207 Å². The monoisotopic (exact) mass is 636 g/mol. The molecule has 1 amide bonds. The molecule has 6 nitrogen and oxygen atoms in total. The predicted molar refractivity (Wildman–Crippen MR) is 138 cm³/mol. The van der Waals surface area contributed by atoms with Crippen molar-refractivity contribution in [1.82, 2.24) is 10.9 Å². The van der Waals surface area contributed by atoms with Crippen molar-refractivity contribution in [3.63, 3.8) is 0 Å². The van der Waals surface area contributed by atoms with E-state index < -0.39 is 11.4 Å². The zero-order valence-electron chi connectivity index (χ0n) is 16.2. The molecule has 31 heavy (non-hydrogen) atoms. The maximum Gasteiger partial charge on any atom is 0.287 e. The van der Waals surface area contributed by atoms with Crippen LogP contribution in [0.4, 0.5) is 0 Å². The minimum Gasteiger partial charge on any atom is -0.506 e. The second-order valence-electron chi connectivity index (χ2n) is 7.01. The lowest BCUT2D eigenvalue weighted by molar-refractivity contribution is -0.114. The number of hydrazone groups is 2. The van der Waals surface area contributed by atoms with Gasteiger partial charge in [-0.15, -0.1) is 0 Å². The SMILES string of the molecule is O=C(N/N=C/c1cc(I)cc(I)c1O)C1=NNC(c2ccccc2)(c2ccccc2)C1. The molecule has 0 radical (unpaired) electrons. The molecule has 1 heterocycles. The molecule has 156 valence electrons. The minimum absolute atomic E-state index is 0.131. The highest BCUT2D eigenvalue weighted by Gasteiger charge is 2.41. The number of phenolic OH excluding ortho intramolecular Hbond substituents is 1. The van der Waals surface area contributed by atoms with Gasteiger partial charge in [0.2, 0.25) is 0 Å². The first-order chi connectivity index (χ1) is 15.0. The number of rotatable bonds is 5. The number of hydrogen-bond donors (Lipinski definition) is 3. The first kappa shape index (κ1) is 21.8. The molecule has 0 fully saturated rings. The third-order valence-electron chi connectivity index (χ3n) is 5.04. The van der Waals surface area contributed by atoms with Crippen molar-refractivity contribution >= 4 is 63.0 Å². The molecule has 0 atom stereocenters. The number of aromatic hydroxyl groups is 1. The molecule has 1 aliphatic heterocycles. The van der Waals surface area contributed by atoms with E-state index in [-0.39, 0.29) is 5.75 Å². The normalized spacial score (nSPS) is 14.8. The lowest BCUT2D eigenvalue weighted by atomic mass is 9.80. The highest BCUT2D eigenvalue weighted by molar-refractivity contribution is 14.1. The number of carbonyl (C=O) groups is 1. The molecule has 0 saturated carbocycles. The van der Waals surface area contributed by atoms with Gasteiger partial charge in [0, 0.05) is 15.6 Å². The Bertz CT molecular complexity index is 1130. The van der Waals surface area contributed by atoms with Crippen LogP contribution in [-0.2, 0) is 10.3 Å². The Morgan fingerprint density at radius 2 is 1.68 bits per heavy atom. The molecule has 0 spiro atoms. The van der Waals surface area contributed by atoms with Crippen LogP contribution in [0.3, 0.4) is 0 Å². The van der Waals surface area contributed by atoms with E-state index in [9.17, 15) is 9.90 Å². The summed E-state index contributed by atoms with van der Waals surface area (Å²) in [7, 11) is 0. The van der Waals surface area contributed by atoms with Crippen molar-refractivity contribution in [1.29, 1.82) is 0 Å². The van der Waals surface area contributed by atoms with Crippen LogP contribution in [0.1, 0.15) is 23.1 Å². The number of carbonyl (C=O) groups excluding carboxylic acids is 1. The van der Waals surface area contributed by atoms with Gasteiger partial charge in [0.25, 0.3) is 5.91 Å². The Morgan fingerprint density at radius 1 is 1.06 bits per heavy atom. The smallest absolute Gasteiger partial charge is 0.287 e. The molecule has 4 rings (SSSR count). The second-order valence-corrected chi connectivity index (χ2v) is 9.42. The average Bonchev–Trinajstić information content (AvgIpc) is 3.25. The summed E-state index contributed by atoms with van der Waals surface area (Å²) in [6.07, 6.45) is 1.82. The molecule has 0 unspecified atom stereocenters. The van der Waals surface area contributed by atoms with Gasteiger partial charge < -0.3 is 5.11 Å². The third-order valence-corrected chi connectivity index (χ3v) is 6.48. The highest BCUT2D eigenvalue weighted by atomic mass is 127. The molecule has 0 aliphatic carbocycles. The van der Waals surface area contributed by atoms with Gasteiger partial charge in [0.15, 0.2) is 0 Å². The van der Waals surface area contributed by atoms with Crippen LogP contribution in [0.5, 0.6) is 5.75 Å². The number of nitrogens with one attached hydrogen (secondary N) is 2. The van der Waals surface area contributed by atoms with E-state index in [1.165, 1.54) is 6.21 Å². The average molecular weight is 636 g/mol. The van der Waals surface area contributed by atoms with Crippen LogP contribution in [0.2, 0.25) is 0 Å². The van der Waals surface area contributed by atoms with Gasteiger partial charge >= 0.3 is 0 Å². The van der Waals surface area contributed by atoms with Crippen molar-refractivity contribution in [2.45, 2.75) is 12.0 Å². The maximum atomic E-state index is 12.7. The number of phenols is 1. The Hall–Kier alpha value is -2.47. The van der Waals surface area contributed by atoms with Gasteiger partial charge in [0.05, 0.1) is 9.78 Å². The highest BCUT2D eigenvalue weighted by Crippen LogP contribution is 2.36. The minimum atomic E-state index is -0.622. The van der Waals surface area contributed by atoms with Crippen molar-refractivity contribution < 1.29 is 9.90 Å². The van der Waals surface area contributed by atoms with Gasteiger partial charge in [-0.1, -0.05) is 60.7 Å². The number of benzene rings is 3. The van der Waals surface area contributed by atoms with E-state index in [2.05, 4.69) is 66.2 Å². The fourth-order valence-electron chi connectivity index (χ4n) is 3.48. The van der Waals surface area contributed by atoms with Crippen molar-refractivity contribution in [2.24, 2.45) is 10.2 Å². The summed E-state index contributed by atoms with van der Waals surface area (Å²) in [6.45, 7) is 0. The molecule has 3 aromatic carbocycles.